The molecule has 0 spiro atoms. The van der Waals surface area contributed by atoms with Gasteiger partial charge < -0.3 is 4.98 Å². The summed E-state index contributed by atoms with van der Waals surface area (Å²) in [5.74, 6) is -0.263. The molecule has 150 valence electrons. The van der Waals surface area contributed by atoms with E-state index in [2.05, 4.69) is 20.8 Å². The fraction of sp³-hybridized carbons (Fsp3) is 0.0455. The van der Waals surface area contributed by atoms with Crippen molar-refractivity contribution in [1.82, 2.24) is 20.8 Å². The van der Waals surface area contributed by atoms with Crippen LogP contribution in [0.3, 0.4) is 0 Å². The van der Waals surface area contributed by atoms with Gasteiger partial charge in [0.25, 0.3) is 11.8 Å². The molecule has 0 aliphatic rings. The van der Waals surface area contributed by atoms with Crippen molar-refractivity contribution in [3.05, 3.63) is 94.5 Å². The SMILES string of the molecule is O=C(NNC(=O)c1ccccc1CSc1nc2ccccc2[nH]1)c1ccc(Cl)cc1. The van der Waals surface area contributed by atoms with E-state index >= 15 is 0 Å². The molecule has 0 saturated heterocycles. The number of hydrazine groups is 1. The molecule has 0 atom stereocenters. The molecule has 2 amide bonds. The van der Waals surface area contributed by atoms with Crippen molar-refractivity contribution >= 4 is 46.2 Å². The first-order valence-corrected chi connectivity index (χ1v) is 10.5. The topological polar surface area (TPSA) is 86.9 Å². The molecular weight excluding hydrogens is 420 g/mol. The minimum atomic E-state index is -0.422. The number of nitrogens with zero attached hydrogens (tertiary/aromatic N) is 1. The highest BCUT2D eigenvalue weighted by Gasteiger charge is 2.13. The van der Waals surface area contributed by atoms with Gasteiger partial charge in [-0.05, 0) is 48.0 Å². The first kappa shape index (κ1) is 20.0. The smallest absolute Gasteiger partial charge is 0.270 e. The van der Waals surface area contributed by atoms with E-state index in [-0.39, 0.29) is 0 Å². The molecule has 30 heavy (non-hydrogen) atoms. The molecule has 0 bridgehead atoms. The van der Waals surface area contributed by atoms with Crippen molar-refractivity contribution in [3.8, 4) is 0 Å². The highest BCUT2D eigenvalue weighted by Crippen LogP contribution is 2.24. The molecule has 0 aliphatic carbocycles. The molecule has 0 fully saturated rings. The summed E-state index contributed by atoms with van der Waals surface area (Å²) in [5, 5.41) is 1.31. The van der Waals surface area contributed by atoms with Gasteiger partial charge in [0.15, 0.2) is 5.16 Å². The Balaban J connectivity index is 1.41. The predicted molar refractivity (Wildman–Crippen MR) is 118 cm³/mol. The van der Waals surface area contributed by atoms with E-state index in [1.54, 1.807) is 36.4 Å². The third kappa shape index (κ3) is 4.64. The summed E-state index contributed by atoms with van der Waals surface area (Å²) in [5.41, 5.74) is 8.48. The van der Waals surface area contributed by atoms with Gasteiger partial charge in [-0.1, -0.05) is 53.7 Å². The van der Waals surface area contributed by atoms with E-state index in [1.807, 2.05) is 36.4 Å². The van der Waals surface area contributed by atoms with Gasteiger partial charge in [-0.3, -0.25) is 20.4 Å². The number of H-pyrrole nitrogens is 1. The predicted octanol–water partition coefficient (Wildman–Crippen LogP) is 4.58. The van der Waals surface area contributed by atoms with Crippen molar-refractivity contribution in [2.45, 2.75) is 10.9 Å². The molecule has 0 aliphatic heterocycles. The second-order valence-electron chi connectivity index (χ2n) is 6.42. The minimum absolute atomic E-state index is 0.391. The Morgan fingerprint density at radius 2 is 1.60 bits per heavy atom. The number of benzene rings is 3. The maximum absolute atomic E-state index is 12.6. The number of thioether (sulfide) groups is 1. The molecule has 4 aromatic rings. The number of imidazole rings is 1. The van der Waals surface area contributed by atoms with Crippen LogP contribution < -0.4 is 10.9 Å². The average molecular weight is 437 g/mol. The van der Waals surface area contributed by atoms with Crippen LogP contribution in [0.5, 0.6) is 0 Å². The fourth-order valence-corrected chi connectivity index (χ4v) is 3.88. The number of halogens is 1. The van der Waals surface area contributed by atoms with E-state index in [0.717, 1.165) is 21.8 Å². The van der Waals surface area contributed by atoms with Gasteiger partial charge in [-0.15, -0.1) is 0 Å². The van der Waals surface area contributed by atoms with E-state index in [0.29, 0.717) is 21.9 Å². The summed E-state index contributed by atoms with van der Waals surface area (Å²) >= 11 is 7.34. The number of amides is 2. The van der Waals surface area contributed by atoms with Crippen LogP contribution in [0.15, 0.2) is 78.0 Å². The van der Waals surface area contributed by atoms with Crippen LogP contribution in [-0.4, -0.2) is 21.8 Å². The maximum Gasteiger partial charge on any atom is 0.270 e. The number of hydrogen-bond donors (Lipinski definition) is 3. The van der Waals surface area contributed by atoms with Crippen LogP contribution in [0.1, 0.15) is 26.3 Å². The molecule has 0 unspecified atom stereocenters. The normalized spacial score (nSPS) is 10.7. The van der Waals surface area contributed by atoms with E-state index in [4.69, 9.17) is 11.6 Å². The minimum Gasteiger partial charge on any atom is -0.333 e. The van der Waals surface area contributed by atoms with Crippen LogP contribution in [-0.2, 0) is 5.75 Å². The van der Waals surface area contributed by atoms with Crippen LogP contribution in [0, 0.1) is 0 Å². The summed E-state index contributed by atoms with van der Waals surface area (Å²) in [7, 11) is 0. The summed E-state index contributed by atoms with van der Waals surface area (Å²) in [6.07, 6.45) is 0. The van der Waals surface area contributed by atoms with Crippen LogP contribution in [0.25, 0.3) is 11.0 Å². The number of carbonyl (C=O) groups is 2. The highest BCUT2D eigenvalue weighted by atomic mass is 35.5. The summed E-state index contributed by atoms with van der Waals surface area (Å²) in [6, 6.07) is 21.5. The van der Waals surface area contributed by atoms with Crippen LogP contribution in [0.4, 0.5) is 0 Å². The lowest BCUT2D eigenvalue weighted by Gasteiger charge is -2.11. The second-order valence-corrected chi connectivity index (χ2v) is 7.82. The number of aromatic amines is 1. The molecule has 1 aromatic heterocycles. The average Bonchev–Trinajstić information content (AvgIpc) is 3.19. The Kier molecular flexibility index (Phi) is 6.02. The van der Waals surface area contributed by atoms with Gasteiger partial charge >= 0.3 is 0 Å². The first-order valence-electron chi connectivity index (χ1n) is 9.12. The number of para-hydroxylation sites is 2. The third-order valence-electron chi connectivity index (χ3n) is 4.39. The number of hydrogen-bond acceptors (Lipinski definition) is 4. The molecule has 3 aromatic carbocycles. The Labute approximate surface area is 182 Å². The van der Waals surface area contributed by atoms with E-state index in [9.17, 15) is 9.59 Å². The van der Waals surface area contributed by atoms with Gasteiger partial charge in [-0.25, -0.2) is 4.98 Å². The van der Waals surface area contributed by atoms with Gasteiger partial charge in [0.2, 0.25) is 0 Å². The molecule has 8 heteroatoms. The van der Waals surface area contributed by atoms with Gasteiger partial charge in [0.05, 0.1) is 11.0 Å². The lowest BCUT2D eigenvalue weighted by molar-refractivity contribution is 0.0846. The summed E-state index contributed by atoms with van der Waals surface area (Å²) in [6.45, 7) is 0. The third-order valence-corrected chi connectivity index (χ3v) is 5.56. The van der Waals surface area contributed by atoms with E-state index < -0.39 is 11.8 Å². The fourth-order valence-electron chi connectivity index (χ4n) is 2.87. The lowest BCUT2D eigenvalue weighted by Crippen LogP contribution is -2.41. The molecule has 4 rings (SSSR count). The van der Waals surface area contributed by atoms with Crippen molar-refractivity contribution < 1.29 is 9.59 Å². The number of aromatic nitrogens is 2. The van der Waals surface area contributed by atoms with Gasteiger partial charge in [-0.2, -0.15) is 0 Å². The monoisotopic (exact) mass is 436 g/mol. The molecule has 1 heterocycles. The second kappa shape index (κ2) is 9.02. The molecular formula is C22H17ClN4O2S. The number of nitrogens with one attached hydrogen (secondary N) is 3. The molecule has 3 N–H and O–H groups in total. The summed E-state index contributed by atoms with van der Waals surface area (Å²) < 4.78 is 0. The maximum atomic E-state index is 12.6. The standard InChI is InChI=1S/C22H17ClN4O2S/c23-16-11-9-14(10-12-16)20(28)26-27-21(29)17-6-2-1-5-15(17)13-30-22-24-18-7-3-4-8-19(18)25-22/h1-12H,13H2,(H,24,25)(H,26,28)(H,27,29). The number of carbonyl (C=O) groups excluding carboxylic acids is 2. The van der Waals surface area contributed by atoms with E-state index in [1.165, 1.54) is 11.8 Å². The summed E-state index contributed by atoms with van der Waals surface area (Å²) in [4.78, 5) is 32.6. The van der Waals surface area contributed by atoms with Crippen molar-refractivity contribution in [2.24, 2.45) is 0 Å². The Morgan fingerprint density at radius 1 is 0.900 bits per heavy atom. The van der Waals surface area contributed by atoms with Crippen molar-refractivity contribution in [1.29, 1.82) is 0 Å². The Bertz CT molecular complexity index is 1170. The number of rotatable bonds is 5. The molecule has 6 nitrogen and oxygen atoms in total. The lowest BCUT2D eigenvalue weighted by atomic mass is 10.1. The zero-order chi connectivity index (χ0) is 20.9. The van der Waals surface area contributed by atoms with Crippen molar-refractivity contribution in [2.75, 3.05) is 0 Å². The highest BCUT2D eigenvalue weighted by molar-refractivity contribution is 7.98. The zero-order valence-electron chi connectivity index (χ0n) is 15.7. The largest absolute Gasteiger partial charge is 0.333 e. The number of fused-ring (bicyclic) bond motifs is 1. The zero-order valence-corrected chi connectivity index (χ0v) is 17.3. The van der Waals surface area contributed by atoms with Crippen LogP contribution in [0.2, 0.25) is 5.02 Å². The first-order chi connectivity index (χ1) is 14.6. The molecule has 0 saturated carbocycles. The molecule has 0 radical (unpaired) electrons. The van der Waals surface area contributed by atoms with Gasteiger partial charge in [0, 0.05) is 21.9 Å². The van der Waals surface area contributed by atoms with Crippen molar-refractivity contribution in [3.63, 3.8) is 0 Å². The Hall–Kier alpha value is -3.29. The quantitative estimate of drug-likeness (QED) is 0.315. The Morgan fingerprint density at radius 3 is 2.40 bits per heavy atom. The van der Waals surface area contributed by atoms with Gasteiger partial charge in [0.1, 0.15) is 0 Å². The van der Waals surface area contributed by atoms with Crippen LogP contribution >= 0.6 is 23.4 Å².